The number of fused-ring (bicyclic) bond motifs is 1. The van der Waals surface area contributed by atoms with Crippen LogP contribution in [0.3, 0.4) is 0 Å². The van der Waals surface area contributed by atoms with Crippen LogP contribution in [0.15, 0.2) is 54.7 Å². The molecule has 0 aliphatic carbocycles. The lowest BCUT2D eigenvalue weighted by Gasteiger charge is -2.11. The maximum Gasteiger partial charge on any atom is 0.416 e. The molecule has 7 heteroatoms. The van der Waals surface area contributed by atoms with E-state index in [0.29, 0.717) is 17.0 Å². The molecule has 0 aliphatic heterocycles. The van der Waals surface area contributed by atoms with Gasteiger partial charge in [-0.05, 0) is 36.4 Å². The summed E-state index contributed by atoms with van der Waals surface area (Å²) in [6.07, 6.45) is -2.86. The molecule has 0 radical (unpaired) electrons. The van der Waals surface area contributed by atoms with Gasteiger partial charge < -0.3 is 10.1 Å². The zero-order valence-electron chi connectivity index (χ0n) is 13.1. The second kappa shape index (κ2) is 6.43. The Morgan fingerprint density at radius 1 is 1.12 bits per heavy atom. The number of rotatable bonds is 3. The molecule has 0 saturated heterocycles. The SMILES string of the molecule is COc1cc(NC(=O)c2ccc(C(F)(F)F)cc2)c2ncccc2c1. The van der Waals surface area contributed by atoms with E-state index in [4.69, 9.17) is 4.74 Å². The van der Waals surface area contributed by atoms with Crippen LogP contribution in [0.25, 0.3) is 10.9 Å². The summed E-state index contributed by atoms with van der Waals surface area (Å²) in [6.45, 7) is 0. The summed E-state index contributed by atoms with van der Waals surface area (Å²) in [7, 11) is 1.50. The third-order valence-corrected chi connectivity index (χ3v) is 3.64. The molecule has 0 saturated carbocycles. The summed E-state index contributed by atoms with van der Waals surface area (Å²) in [5.41, 5.74) is 0.279. The molecule has 1 heterocycles. The van der Waals surface area contributed by atoms with Gasteiger partial charge in [0.1, 0.15) is 5.75 Å². The highest BCUT2D eigenvalue weighted by Crippen LogP contribution is 2.30. The molecule has 1 amide bonds. The number of hydrogen-bond acceptors (Lipinski definition) is 3. The smallest absolute Gasteiger partial charge is 0.416 e. The number of aromatic nitrogens is 1. The van der Waals surface area contributed by atoms with Gasteiger partial charge in [-0.1, -0.05) is 6.07 Å². The Hall–Kier alpha value is -3.09. The van der Waals surface area contributed by atoms with E-state index in [0.717, 1.165) is 29.7 Å². The second-order valence-electron chi connectivity index (χ2n) is 5.28. The van der Waals surface area contributed by atoms with E-state index < -0.39 is 17.6 Å². The Bertz CT molecular complexity index is 922. The monoisotopic (exact) mass is 346 g/mol. The van der Waals surface area contributed by atoms with Gasteiger partial charge in [0.15, 0.2) is 0 Å². The minimum atomic E-state index is -4.44. The molecule has 0 bridgehead atoms. The summed E-state index contributed by atoms with van der Waals surface area (Å²) in [4.78, 5) is 16.6. The molecule has 3 aromatic rings. The van der Waals surface area contributed by atoms with Crippen molar-refractivity contribution in [2.24, 2.45) is 0 Å². The van der Waals surface area contributed by atoms with Gasteiger partial charge in [-0.2, -0.15) is 13.2 Å². The van der Waals surface area contributed by atoms with Crippen molar-refractivity contribution in [3.63, 3.8) is 0 Å². The summed E-state index contributed by atoms with van der Waals surface area (Å²) in [5, 5.41) is 3.44. The summed E-state index contributed by atoms with van der Waals surface area (Å²) in [5.74, 6) is -0.00264. The number of anilines is 1. The Morgan fingerprint density at radius 2 is 1.84 bits per heavy atom. The van der Waals surface area contributed by atoms with E-state index in [9.17, 15) is 18.0 Å². The van der Waals surface area contributed by atoms with Crippen LogP contribution in [0, 0.1) is 0 Å². The van der Waals surface area contributed by atoms with Gasteiger partial charge in [-0.25, -0.2) is 0 Å². The maximum atomic E-state index is 12.6. The maximum absolute atomic E-state index is 12.6. The van der Waals surface area contributed by atoms with Gasteiger partial charge in [0.2, 0.25) is 0 Å². The third-order valence-electron chi connectivity index (χ3n) is 3.64. The van der Waals surface area contributed by atoms with Gasteiger partial charge >= 0.3 is 6.18 Å². The number of amides is 1. The number of methoxy groups -OCH3 is 1. The fourth-order valence-corrected chi connectivity index (χ4v) is 2.38. The van der Waals surface area contributed by atoms with Crippen LogP contribution in [0.1, 0.15) is 15.9 Å². The number of ether oxygens (including phenoxy) is 1. The molecule has 2 aromatic carbocycles. The van der Waals surface area contributed by atoms with E-state index in [-0.39, 0.29) is 5.56 Å². The quantitative estimate of drug-likeness (QED) is 0.759. The highest BCUT2D eigenvalue weighted by Gasteiger charge is 2.30. The van der Waals surface area contributed by atoms with Crippen LogP contribution in [0.2, 0.25) is 0 Å². The summed E-state index contributed by atoms with van der Waals surface area (Å²) in [6, 6.07) is 11.0. The number of benzene rings is 2. The van der Waals surface area contributed by atoms with Crippen LogP contribution in [0.4, 0.5) is 18.9 Å². The van der Waals surface area contributed by atoms with Crippen LogP contribution < -0.4 is 10.1 Å². The standard InChI is InChI=1S/C18H13F3N2O2/c1-25-14-9-12-3-2-8-22-16(12)15(10-14)23-17(24)11-4-6-13(7-5-11)18(19,20)21/h2-10H,1H3,(H,23,24). The molecule has 0 unspecified atom stereocenters. The normalized spacial score (nSPS) is 11.4. The van der Waals surface area contributed by atoms with Gasteiger partial charge in [-0.3, -0.25) is 9.78 Å². The minimum Gasteiger partial charge on any atom is -0.497 e. The number of halogens is 3. The van der Waals surface area contributed by atoms with Crippen molar-refractivity contribution in [1.29, 1.82) is 0 Å². The number of nitrogens with one attached hydrogen (secondary N) is 1. The van der Waals surface area contributed by atoms with Crippen LogP contribution in [-0.2, 0) is 6.18 Å². The first-order valence-corrected chi connectivity index (χ1v) is 7.30. The van der Waals surface area contributed by atoms with E-state index in [1.54, 1.807) is 24.4 Å². The van der Waals surface area contributed by atoms with E-state index in [1.807, 2.05) is 6.07 Å². The van der Waals surface area contributed by atoms with E-state index >= 15 is 0 Å². The molecule has 3 rings (SSSR count). The van der Waals surface area contributed by atoms with Crippen molar-refractivity contribution in [2.75, 3.05) is 12.4 Å². The highest BCUT2D eigenvalue weighted by atomic mass is 19.4. The van der Waals surface area contributed by atoms with Crippen molar-refractivity contribution >= 4 is 22.5 Å². The van der Waals surface area contributed by atoms with Crippen molar-refractivity contribution in [2.45, 2.75) is 6.18 Å². The summed E-state index contributed by atoms with van der Waals surface area (Å²) < 4.78 is 43.0. The largest absolute Gasteiger partial charge is 0.497 e. The van der Waals surface area contributed by atoms with Gasteiger partial charge in [0.25, 0.3) is 5.91 Å². The van der Waals surface area contributed by atoms with Crippen LogP contribution in [-0.4, -0.2) is 18.0 Å². The Kier molecular flexibility index (Phi) is 4.31. The highest BCUT2D eigenvalue weighted by molar-refractivity contribution is 6.08. The first-order valence-electron chi connectivity index (χ1n) is 7.30. The van der Waals surface area contributed by atoms with Crippen LogP contribution >= 0.6 is 0 Å². The molecular weight excluding hydrogens is 333 g/mol. The average molecular weight is 346 g/mol. The van der Waals surface area contributed by atoms with E-state index in [1.165, 1.54) is 7.11 Å². The molecule has 0 atom stereocenters. The molecule has 128 valence electrons. The van der Waals surface area contributed by atoms with Crippen molar-refractivity contribution in [3.8, 4) is 5.75 Å². The molecule has 0 aliphatic rings. The molecular formula is C18H13F3N2O2. The molecule has 1 aromatic heterocycles. The molecule has 0 fully saturated rings. The number of hydrogen-bond donors (Lipinski definition) is 1. The predicted molar refractivity (Wildman–Crippen MR) is 87.7 cm³/mol. The van der Waals surface area contributed by atoms with Crippen molar-refractivity contribution in [3.05, 3.63) is 65.9 Å². The zero-order chi connectivity index (χ0) is 18.0. The van der Waals surface area contributed by atoms with Gasteiger partial charge in [0, 0.05) is 23.2 Å². The predicted octanol–water partition coefficient (Wildman–Crippen LogP) is 4.51. The number of carbonyl (C=O) groups is 1. The van der Waals surface area contributed by atoms with Gasteiger partial charge in [0.05, 0.1) is 23.9 Å². The zero-order valence-corrected chi connectivity index (χ0v) is 13.1. The van der Waals surface area contributed by atoms with Crippen LogP contribution in [0.5, 0.6) is 5.75 Å². The molecule has 0 spiro atoms. The number of alkyl halides is 3. The number of carbonyl (C=O) groups excluding carboxylic acids is 1. The second-order valence-corrected chi connectivity index (χ2v) is 5.28. The van der Waals surface area contributed by atoms with Crippen molar-refractivity contribution < 1.29 is 22.7 Å². The Labute approximate surface area is 141 Å². The summed E-state index contributed by atoms with van der Waals surface area (Å²) >= 11 is 0. The Balaban J connectivity index is 1.92. The molecule has 1 N–H and O–H groups in total. The first-order chi connectivity index (χ1) is 11.9. The lowest BCUT2D eigenvalue weighted by molar-refractivity contribution is -0.137. The number of pyridine rings is 1. The lowest BCUT2D eigenvalue weighted by atomic mass is 10.1. The topological polar surface area (TPSA) is 51.2 Å². The molecule has 4 nitrogen and oxygen atoms in total. The van der Waals surface area contributed by atoms with Gasteiger partial charge in [-0.15, -0.1) is 0 Å². The van der Waals surface area contributed by atoms with E-state index in [2.05, 4.69) is 10.3 Å². The third kappa shape index (κ3) is 3.55. The lowest BCUT2D eigenvalue weighted by Crippen LogP contribution is -2.13. The Morgan fingerprint density at radius 3 is 2.48 bits per heavy atom. The van der Waals surface area contributed by atoms with Crippen molar-refractivity contribution in [1.82, 2.24) is 4.98 Å². The minimum absolute atomic E-state index is 0.111. The first kappa shape index (κ1) is 16.8. The molecule has 25 heavy (non-hydrogen) atoms. The number of nitrogens with zero attached hydrogens (tertiary/aromatic N) is 1. The average Bonchev–Trinajstić information content (AvgIpc) is 2.61. The fourth-order valence-electron chi connectivity index (χ4n) is 2.38. The fraction of sp³-hybridized carbons (Fsp3) is 0.111.